The molecule has 3 aromatic carbocycles. The van der Waals surface area contributed by atoms with Crippen LogP contribution in [0, 0.1) is 0 Å². The first-order chi connectivity index (χ1) is 12.2. The highest BCUT2D eigenvalue weighted by molar-refractivity contribution is 9.10. The lowest BCUT2D eigenvalue weighted by molar-refractivity contribution is 0.0467. The Morgan fingerprint density at radius 3 is 2.04 bits per heavy atom. The standard InChI is InChI=1S/C21H17BrO3/c22-18-11-12-19(21(23)25-15-17-9-5-2-6-10-17)20(13-18)24-14-16-7-3-1-4-8-16/h1-13H,14-15H2. The molecule has 0 aliphatic carbocycles. The summed E-state index contributed by atoms with van der Waals surface area (Å²) >= 11 is 3.42. The Labute approximate surface area is 155 Å². The number of hydrogen-bond acceptors (Lipinski definition) is 3. The van der Waals surface area contributed by atoms with Crippen molar-refractivity contribution in [2.45, 2.75) is 13.2 Å². The number of carbonyl (C=O) groups excluding carboxylic acids is 1. The Morgan fingerprint density at radius 2 is 1.40 bits per heavy atom. The molecule has 0 radical (unpaired) electrons. The smallest absolute Gasteiger partial charge is 0.342 e. The molecular formula is C21H17BrO3. The van der Waals surface area contributed by atoms with E-state index in [-0.39, 0.29) is 6.61 Å². The van der Waals surface area contributed by atoms with Crippen molar-refractivity contribution in [3.05, 3.63) is 100 Å². The van der Waals surface area contributed by atoms with Crippen LogP contribution in [0.15, 0.2) is 83.3 Å². The van der Waals surface area contributed by atoms with Crippen molar-refractivity contribution in [2.75, 3.05) is 0 Å². The van der Waals surface area contributed by atoms with Gasteiger partial charge in [-0.1, -0.05) is 76.6 Å². The molecule has 0 bridgehead atoms. The Bertz CT molecular complexity index is 832. The molecule has 0 aliphatic rings. The van der Waals surface area contributed by atoms with E-state index >= 15 is 0 Å². The van der Waals surface area contributed by atoms with Gasteiger partial charge in [-0.25, -0.2) is 4.79 Å². The van der Waals surface area contributed by atoms with Gasteiger partial charge in [0.2, 0.25) is 0 Å². The van der Waals surface area contributed by atoms with Gasteiger partial charge in [-0.2, -0.15) is 0 Å². The van der Waals surface area contributed by atoms with Crippen LogP contribution in [0.1, 0.15) is 21.5 Å². The van der Waals surface area contributed by atoms with E-state index in [0.717, 1.165) is 15.6 Å². The van der Waals surface area contributed by atoms with Crippen molar-refractivity contribution in [1.29, 1.82) is 0 Å². The molecular weight excluding hydrogens is 380 g/mol. The number of esters is 1. The second kappa shape index (κ2) is 8.49. The van der Waals surface area contributed by atoms with Gasteiger partial charge in [0.25, 0.3) is 0 Å². The molecule has 3 rings (SSSR count). The molecule has 25 heavy (non-hydrogen) atoms. The van der Waals surface area contributed by atoms with E-state index in [1.807, 2.05) is 60.7 Å². The van der Waals surface area contributed by atoms with E-state index < -0.39 is 5.97 Å². The molecule has 0 heterocycles. The molecule has 0 atom stereocenters. The first kappa shape index (κ1) is 17.2. The number of benzene rings is 3. The van der Waals surface area contributed by atoms with Crippen LogP contribution in [0.3, 0.4) is 0 Å². The highest BCUT2D eigenvalue weighted by Crippen LogP contribution is 2.26. The van der Waals surface area contributed by atoms with Crippen molar-refractivity contribution >= 4 is 21.9 Å². The van der Waals surface area contributed by atoms with E-state index in [4.69, 9.17) is 9.47 Å². The topological polar surface area (TPSA) is 35.5 Å². The predicted octanol–water partition coefficient (Wildman–Crippen LogP) is 5.39. The quantitative estimate of drug-likeness (QED) is 0.524. The zero-order chi connectivity index (χ0) is 17.5. The molecule has 0 N–H and O–H groups in total. The minimum atomic E-state index is -0.403. The van der Waals surface area contributed by atoms with E-state index in [1.165, 1.54) is 0 Å². The fourth-order valence-electron chi connectivity index (χ4n) is 2.32. The maximum Gasteiger partial charge on any atom is 0.342 e. The zero-order valence-electron chi connectivity index (χ0n) is 13.5. The fraction of sp³-hybridized carbons (Fsp3) is 0.0952. The second-order valence-electron chi connectivity index (χ2n) is 5.48. The van der Waals surface area contributed by atoms with Crippen molar-refractivity contribution in [1.82, 2.24) is 0 Å². The van der Waals surface area contributed by atoms with Gasteiger partial charge in [0.05, 0.1) is 0 Å². The van der Waals surface area contributed by atoms with Gasteiger partial charge in [-0.15, -0.1) is 0 Å². The average Bonchev–Trinajstić information content (AvgIpc) is 2.66. The van der Waals surface area contributed by atoms with E-state index in [9.17, 15) is 4.79 Å². The molecule has 3 aromatic rings. The number of halogens is 1. The molecule has 0 fully saturated rings. The Kier molecular flexibility index (Phi) is 5.86. The first-order valence-electron chi connectivity index (χ1n) is 7.90. The van der Waals surface area contributed by atoms with Crippen LogP contribution >= 0.6 is 15.9 Å². The molecule has 0 aliphatic heterocycles. The summed E-state index contributed by atoms with van der Waals surface area (Å²) in [5.41, 5.74) is 2.39. The molecule has 0 aromatic heterocycles. The van der Waals surface area contributed by atoms with Crippen LogP contribution in [0.4, 0.5) is 0 Å². The van der Waals surface area contributed by atoms with Gasteiger partial charge in [-0.05, 0) is 29.3 Å². The highest BCUT2D eigenvalue weighted by Gasteiger charge is 2.15. The minimum Gasteiger partial charge on any atom is -0.488 e. The van der Waals surface area contributed by atoms with Gasteiger partial charge in [0.1, 0.15) is 24.5 Å². The normalized spacial score (nSPS) is 10.3. The largest absolute Gasteiger partial charge is 0.488 e. The van der Waals surface area contributed by atoms with Gasteiger partial charge in [0, 0.05) is 4.47 Å². The Balaban J connectivity index is 1.70. The van der Waals surface area contributed by atoms with Crippen molar-refractivity contribution in [3.63, 3.8) is 0 Å². The summed E-state index contributed by atoms with van der Waals surface area (Å²) in [4.78, 5) is 12.4. The molecule has 0 saturated carbocycles. The summed E-state index contributed by atoms with van der Waals surface area (Å²) in [6, 6.07) is 24.7. The molecule has 126 valence electrons. The van der Waals surface area contributed by atoms with Crippen LogP contribution in [-0.2, 0) is 18.0 Å². The number of rotatable bonds is 6. The highest BCUT2D eigenvalue weighted by atomic mass is 79.9. The van der Waals surface area contributed by atoms with Crippen molar-refractivity contribution in [3.8, 4) is 5.75 Å². The SMILES string of the molecule is O=C(OCc1ccccc1)c1ccc(Br)cc1OCc1ccccc1. The average molecular weight is 397 g/mol. The maximum absolute atomic E-state index is 12.4. The number of carbonyl (C=O) groups is 1. The first-order valence-corrected chi connectivity index (χ1v) is 8.69. The molecule has 4 heteroatoms. The molecule has 0 amide bonds. The lowest BCUT2D eigenvalue weighted by Crippen LogP contribution is -2.08. The van der Waals surface area contributed by atoms with Crippen molar-refractivity contribution in [2.24, 2.45) is 0 Å². The Hall–Kier alpha value is -2.59. The van der Waals surface area contributed by atoms with Crippen LogP contribution in [-0.4, -0.2) is 5.97 Å². The van der Waals surface area contributed by atoms with Gasteiger partial charge in [0.15, 0.2) is 0 Å². The van der Waals surface area contributed by atoms with Gasteiger partial charge < -0.3 is 9.47 Å². The van der Waals surface area contributed by atoms with E-state index in [1.54, 1.807) is 18.2 Å². The summed E-state index contributed by atoms with van der Waals surface area (Å²) in [5.74, 6) is 0.0932. The Morgan fingerprint density at radius 1 is 0.800 bits per heavy atom. The lowest BCUT2D eigenvalue weighted by Gasteiger charge is -2.12. The van der Waals surface area contributed by atoms with Crippen LogP contribution in [0.2, 0.25) is 0 Å². The van der Waals surface area contributed by atoms with Crippen LogP contribution < -0.4 is 4.74 Å². The predicted molar refractivity (Wildman–Crippen MR) is 100 cm³/mol. The second-order valence-corrected chi connectivity index (χ2v) is 6.39. The number of hydrogen-bond donors (Lipinski definition) is 0. The van der Waals surface area contributed by atoms with Crippen LogP contribution in [0.25, 0.3) is 0 Å². The summed E-state index contributed by atoms with van der Waals surface area (Å²) in [5, 5.41) is 0. The summed E-state index contributed by atoms with van der Waals surface area (Å²) in [6.07, 6.45) is 0. The molecule has 3 nitrogen and oxygen atoms in total. The molecule has 0 spiro atoms. The molecule has 0 saturated heterocycles. The van der Waals surface area contributed by atoms with E-state index in [2.05, 4.69) is 15.9 Å². The van der Waals surface area contributed by atoms with E-state index in [0.29, 0.717) is 17.9 Å². The number of ether oxygens (including phenoxy) is 2. The third-order valence-corrected chi connectivity index (χ3v) is 4.11. The zero-order valence-corrected chi connectivity index (χ0v) is 15.1. The summed E-state index contributed by atoms with van der Waals surface area (Å²) in [7, 11) is 0. The fourth-order valence-corrected chi connectivity index (χ4v) is 2.66. The minimum absolute atomic E-state index is 0.230. The third kappa shape index (κ3) is 4.94. The van der Waals surface area contributed by atoms with Crippen LogP contribution in [0.5, 0.6) is 5.75 Å². The van der Waals surface area contributed by atoms with Gasteiger partial charge in [-0.3, -0.25) is 0 Å². The molecule has 0 unspecified atom stereocenters. The maximum atomic E-state index is 12.4. The summed E-state index contributed by atoms with van der Waals surface area (Å²) in [6.45, 7) is 0.615. The third-order valence-electron chi connectivity index (χ3n) is 3.61. The van der Waals surface area contributed by atoms with Gasteiger partial charge >= 0.3 is 5.97 Å². The monoisotopic (exact) mass is 396 g/mol. The lowest BCUT2D eigenvalue weighted by atomic mass is 10.2. The summed E-state index contributed by atoms with van der Waals surface area (Å²) < 4.78 is 12.1. The van der Waals surface area contributed by atoms with Crippen molar-refractivity contribution < 1.29 is 14.3 Å².